The number of nitrogens with zero attached hydrogens (tertiary/aromatic N) is 4. The molecule has 0 radical (unpaired) electrons. The maximum Gasteiger partial charge on any atom is 0.573 e. The fraction of sp³-hybridized carbons (Fsp3) is 0.143. The van der Waals surface area contributed by atoms with Crippen molar-refractivity contribution in [3.05, 3.63) is 95.2 Å². The Morgan fingerprint density at radius 1 is 1.03 bits per heavy atom. The van der Waals surface area contributed by atoms with E-state index in [1.807, 2.05) is 56.3 Å². The van der Waals surface area contributed by atoms with Gasteiger partial charge in [0.1, 0.15) is 5.75 Å². The number of rotatable bonds is 7. The van der Waals surface area contributed by atoms with E-state index in [2.05, 4.69) is 19.9 Å². The Labute approximate surface area is 227 Å². The van der Waals surface area contributed by atoms with Gasteiger partial charge in [-0.05, 0) is 60.4 Å². The first-order chi connectivity index (χ1) is 18.6. The van der Waals surface area contributed by atoms with Crippen LogP contribution in [0.1, 0.15) is 22.3 Å². The molecule has 1 fully saturated rings. The van der Waals surface area contributed by atoms with Gasteiger partial charge in [0.2, 0.25) is 5.91 Å². The smallest absolute Gasteiger partial charge is 0.406 e. The third kappa shape index (κ3) is 7.14. The Morgan fingerprint density at radius 2 is 1.69 bits per heavy atom. The number of carbonyl (C=O) groups excluding carboxylic acids is 1. The standard InChI is InChI=1S/C28H24F3N5O2S/c1-18-4-3-5-19(2)26(18)36-25(37)17-39-27(36)35-34-15-20-6-8-21(9-7-20)22(14-32)16-33-23-10-12-24(13-11-23)38-28(29,30)31/h3-16H,17,32H2,1-2H3/b22-14?,33-16?,34-15+,35-27-. The topological polar surface area (TPSA) is 92.6 Å². The average Bonchev–Trinajstić information content (AvgIpc) is 3.25. The number of halogens is 3. The maximum atomic E-state index is 12.6. The highest BCUT2D eigenvalue weighted by molar-refractivity contribution is 8.15. The summed E-state index contributed by atoms with van der Waals surface area (Å²) in [6.45, 7) is 3.91. The first-order valence-electron chi connectivity index (χ1n) is 11.7. The van der Waals surface area contributed by atoms with E-state index in [9.17, 15) is 18.0 Å². The van der Waals surface area contributed by atoms with Crippen molar-refractivity contribution in [1.82, 2.24) is 0 Å². The maximum absolute atomic E-state index is 12.6. The molecule has 200 valence electrons. The molecule has 1 aliphatic heterocycles. The molecule has 1 heterocycles. The van der Waals surface area contributed by atoms with E-state index in [0.29, 0.717) is 22.2 Å². The largest absolute Gasteiger partial charge is 0.573 e. The van der Waals surface area contributed by atoms with E-state index < -0.39 is 6.36 Å². The van der Waals surface area contributed by atoms with Gasteiger partial charge in [-0.15, -0.1) is 18.3 Å². The van der Waals surface area contributed by atoms with Crippen molar-refractivity contribution in [3.63, 3.8) is 0 Å². The van der Waals surface area contributed by atoms with Crippen LogP contribution >= 0.6 is 11.8 Å². The number of hydrogen-bond acceptors (Lipinski definition) is 7. The number of anilines is 1. The zero-order valence-corrected chi connectivity index (χ0v) is 21.8. The molecular weight excluding hydrogens is 527 g/mol. The Balaban J connectivity index is 1.43. The van der Waals surface area contributed by atoms with Crippen LogP contribution in [0.25, 0.3) is 5.57 Å². The molecule has 1 amide bonds. The molecule has 0 spiro atoms. The molecule has 3 aromatic carbocycles. The fourth-order valence-electron chi connectivity index (χ4n) is 3.81. The number of aliphatic imine (C=N–C) groups is 1. The zero-order chi connectivity index (χ0) is 28.0. The fourth-order valence-corrected chi connectivity index (χ4v) is 4.62. The van der Waals surface area contributed by atoms with Gasteiger partial charge in [0, 0.05) is 18.0 Å². The molecule has 4 rings (SSSR count). The Kier molecular flexibility index (Phi) is 8.50. The molecule has 0 bridgehead atoms. The Morgan fingerprint density at radius 3 is 2.31 bits per heavy atom. The molecule has 39 heavy (non-hydrogen) atoms. The molecule has 1 saturated heterocycles. The Hall–Kier alpha value is -4.38. The van der Waals surface area contributed by atoms with Crippen LogP contribution in [0.15, 0.2) is 88.1 Å². The predicted octanol–water partition coefficient (Wildman–Crippen LogP) is 6.37. The molecule has 7 nitrogen and oxygen atoms in total. The van der Waals surface area contributed by atoms with Gasteiger partial charge in [0.15, 0.2) is 5.17 Å². The minimum atomic E-state index is -4.75. The highest BCUT2D eigenvalue weighted by Crippen LogP contribution is 2.32. The van der Waals surface area contributed by atoms with Crippen LogP contribution in [0.5, 0.6) is 5.75 Å². The molecule has 0 atom stereocenters. The number of hydrogen-bond donors (Lipinski definition) is 1. The third-order valence-electron chi connectivity index (χ3n) is 5.63. The second kappa shape index (κ2) is 12.0. The van der Waals surface area contributed by atoms with E-state index in [0.717, 1.165) is 27.9 Å². The SMILES string of the molecule is Cc1cccc(C)c1N1C(=O)CS/C1=N\N=C\c1ccc(C(C=Nc2ccc(OC(F)(F)F)cc2)=CN)cc1. The summed E-state index contributed by atoms with van der Waals surface area (Å²) in [6.07, 6.45) is -0.256. The third-order valence-corrected chi connectivity index (χ3v) is 6.54. The molecule has 11 heteroatoms. The normalized spacial score (nSPS) is 15.7. The highest BCUT2D eigenvalue weighted by atomic mass is 32.2. The van der Waals surface area contributed by atoms with Crippen LogP contribution in [0.4, 0.5) is 24.5 Å². The quantitative estimate of drug-likeness (QED) is 0.273. The summed E-state index contributed by atoms with van der Waals surface area (Å²) < 4.78 is 40.8. The number of allylic oxidation sites excluding steroid dienone is 1. The van der Waals surface area contributed by atoms with E-state index in [1.165, 1.54) is 48.4 Å². The van der Waals surface area contributed by atoms with E-state index >= 15 is 0 Å². The van der Waals surface area contributed by atoms with Crippen molar-refractivity contribution >= 4 is 52.2 Å². The molecule has 0 aliphatic carbocycles. The summed E-state index contributed by atoms with van der Waals surface area (Å²) in [5, 5.41) is 9.02. The lowest BCUT2D eigenvalue weighted by atomic mass is 10.1. The van der Waals surface area contributed by atoms with Crippen LogP contribution in [0.2, 0.25) is 0 Å². The number of para-hydroxylation sites is 1. The summed E-state index contributed by atoms with van der Waals surface area (Å²) in [5.41, 5.74) is 11.2. The first-order valence-corrected chi connectivity index (χ1v) is 12.7. The summed E-state index contributed by atoms with van der Waals surface area (Å²) in [7, 11) is 0. The van der Waals surface area contributed by atoms with Gasteiger partial charge in [0.25, 0.3) is 0 Å². The number of carbonyl (C=O) groups is 1. The van der Waals surface area contributed by atoms with Crippen molar-refractivity contribution in [2.24, 2.45) is 20.9 Å². The van der Waals surface area contributed by atoms with E-state index in [1.54, 1.807) is 11.1 Å². The van der Waals surface area contributed by atoms with Crippen LogP contribution in [-0.4, -0.2) is 35.6 Å². The van der Waals surface area contributed by atoms with E-state index in [4.69, 9.17) is 5.73 Å². The van der Waals surface area contributed by atoms with E-state index in [-0.39, 0.29) is 11.7 Å². The number of alkyl halides is 3. The summed E-state index contributed by atoms with van der Waals surface area (Å²) in [5.74, 6) is -0.0588. The van der Waals surface area contributed by atoms with Gasteiger partial charge < -0.3 is 10.5 Å². The number of ether oxygens (including phenoxy) is 1. The predicted molar refractivity (Wildman–Crippen MR) is 151 cm³/mol. The zero-order valence-electron chi connectivity index (χ0n) is 21.0. The van der Waals surface area contributed by atoms with Gasteiger partial charge in [-0.25, -0.2) is 0 Å². The first kappa shape index (κ1) is 27.6. The number of benzene rings is 3. The number of thioether (sulfide) groups is 1. The number of nitrogens with two attached hydrogens (primary N) is 1. The lowest BCUT2D eigenvalue weighted by Crippen LogP contribution is -2.30. The molecule has 1 aliphatic rings. The molecule has 0 unspecified atom stereocenters. The molecule has 3 aromatic rings. The van der Waals surface area contributed by atoms with Crippen LogP contribution in [0.3, 0.4) is 0 Å². The number of amidine groups is 1. The van der Waals surface area contributed by atoms with Gasteiger partial charge >= 0.3 is 6.36 Å². The highest BCUT2D eigenvalue weighted by Gasteiger charge is 2.32. The lowest BCUT2D eigenvalue weighted by Gasteiger charge is -2.20. The van der Waals surface area contributed by atoms with Crippen LogP contribution in [-0.2, 0) is 4.79 Å². The minimum absolute atomic E-state index is 0.0379. The van der Waals surface area contributed by atoms with Crippen molar-refractivity contribution in [2.75, 3.05) is 10.7 Å². The van der Waals surface area contributed by atoms with Gasteiger partial charge in [-0.1, -0.05) is 54.2 Å². The monoisotopic (exact) mass is 551 g/mol. The van der Waals surface area contributed by atoms with Gasteiger partial charge in [0.05, 0.1) is 23.3 Å². The second-order valence-corrected chi connectivity index (χ2v) is 9.37. The van der Waals surface area contributed by atoms with Gasteiger partial charge in [-0.3, -0.25) is 14.7 Å². The summed E-state index contributed by atoms with van der Waals surface area (Å²) in [6, 6.07) is 18.4. The minimum Gasteiger partial charge on any atom is -0.406 e. The van der Waals surface area contributed by atoms with Crippen molar-refractivity contribution in [3.8, 4) is 5.75 Å². The number of aryl methyl sites for hydroxylation is 2. The molecular formula is C28H24F3N5O2S. The Bertz CT molecular complexity index is 1440. The van der Waals surface area contributed by atoms with Gasteiger partial charge in [-0.2, -0.15) is 5.10 Å². The molecule has 0 saturated carbocycles. The summed E-state index contributed by atoms with van der Waals surface area (Å²) >= 11 is 1.34. The molecule has 2 N–H and O–H groups in total. The second-order valence-electron chi connectivity index (χ2n) is 8.43. The average molecular weight is 552 g/mol. The number of amides is 1. The van der Waals surface area contributed by atoms with Crippen molar-refractivity contribution in [2.45, 2.75) is 20.2 Å². The van der Waals surface area contributed by atoms with Crippen molar-refractivity contribution < 1.29 is 22.7 Å². The summed E-state index contributed by atoms with van der Waals surface area (Å²) in [4.78, 5) is 18.4. The molecule has 0 aromatic heterocycles. The van der Waals surface area contributed by atoms with Crippen LogP contribution in [0, 0.1) is 13.8 Å². The van der Waals surface area contributed by atoms with Crippen molar-refractivity contribution in [1.29, 1.82) is 0 Å². The lowest BCUT2D eigenvalue weighted by molar-refractivity contribution is -0.274. The van der Waals surface area contributed by atoms with Crippen LogP contribution < -0.4 is 15.4 Å².